The van der Waals surface area contributed by atoms with Crippen molar-refractivity contribution < 1.29 is 13.2 Å². The molecule has 0 bridgehead atoms. The van der Waals surface area contributed by atoms with Crippen molar-refractivity contribution in [3.63, 3.8) is 0 Å². The quantitative estimate of drug-likeness (QED) is 0.418. The summed E-state index contributed by atoms with van der Waals surface area (Å²) in [4.78, 5) is 16.5. The average molecular weight is 496 g/mol. The highest BCUT2D eigenvalue weighted by Crippen LogP contribution is 2.29. The molecule has 0 saturated carbocycles. The van der Waals surface area contributed by atoms with Gasteiger partial charge in [0.25, 0.3) is 0 Å². The van der Waals surface area contributed by atoms with Gasteiger partial charge < -0.3 is 5.32 Å². The summed E-state index contributed by atoms with van der Waals surface area (Å²) < 4.78 is 26.3. The van der Waals surface area contributed by atoms with Crippen LogP contribution in [-0.4, -0.2) is 29.1 Å². The van der Waals surface area contributed by atoms with E-state index in [-0.39, 0.29) is 28.6 Å². The van der Waals surface area contributed by atoms with Crippen LogP contribution >= 0.6 is 11.6 Å². The van der Waals surface area contributed by atoms with Gasteiger partial charge in [0.05, 0.1) is 17.8 Å². The van der Waals surface area contributed by atoms with Crippen LogP contribution in [0.15, 0.2) is 72.0 Å². The molecule has 4 rings (SSSR count). The van der Waals surface area contributed by atoms with Crippen LogP contribution in [0.2, 0.25) is 5.02 Å². The molecule has 174 valence electrons. The van der Waals surface area contributed by atoms with E-state index in [0.717, 1.165) is 16.7 Å². The van der Waals surface area contributed by atoms with Gasteiger partial charge in [-0.3, -0.25) is 9.78 Å². The van der Waals surface area contributed by atoms with Crippen LogP contribution in [0, 0.1) is 13.8 Å². The molecule has 0 saturated heterocycles. The lowest BCUT2D eigenvalue weighted by molar-refractivity contribution is -0.115. The molecule has 2 aromatic carbocycles. The number of primary sulfonamides is 1. The molecule has 0 aliphatic carbocycles. The third kappa shape index (κ3) is 5.01. The van der Waals surface area contributed by atoms with Crippen molar-refractivity contribution in [2.45, 2.75) is 25.2 Å². The number of hydrogen-bond acceptors (Lipinski definition) is 5. The van der Waals surface area contributed by atoms with E-state index in [1.807, 2.05) is 19.9 Å². The minimum Gasteiger partial charge on any atom is -0.326 e. The van der Waals surface area contributed by atoms with Crippen LogP contribution in [0.4, 0.5) is 5.69 Å². The van der Waals surface area contributed by atoms with E-state index < -0.39 is 10.0 Å². The van der Waals surface area contributed by atoms with Crippen LogP contribution in [0.25, 0.3) is 16.8 Å². The van der Waals surface area contributed by atoms with Crippen LogP contribution in [-0.2, 0) is 21.2 Å². The van der Waals surface area contributed by atoms with E-state index in [0.29, 0.717) is 16.3 Å². The predicted molar refractivity (Wildman–Crippen MR) is 131 cm³/mol. The number of nitrogens with one attached hydrogen (secondary N) is 1. The molecule has 2 heterocycles. The molecule has 2 aromatic heterocycles. The van der Waals surface area contributed by atoms with Crippen LogP contribution in [0.1, 0.15) is 16.8 Å². The molecular formula is C24H22ClN5O3S. The Labute approximate surface area is 202 Å². The zero-order chi connectivity index (χ0) is 24.5. The van der Waals surface area contributed by atoms with Gasteiger partial charge in [0, 0.05) is 40.4 Å². The maximum absolute atomic E-state index is 12.5. The number of aromatic nitrogens is 3. The molecular weight excluding hydrogens is 474 g/mol. The number of rotatable bonds is 6. The number of amides is 1. The lowest BCUT2D eigenvalue weighted by atomic mass is 10.0. The number of anilines is 1. The minimum absolute atomic E-state index is 0.0400. The van der Waals surface area contributed by atoms with Gasteiger partial charge in [-0.15, -0.1) is 0 Å². The first kappa shape index (κ1) is 23.6. The van der Waals surface area contributed by atoms with Crippen LogP contribution < -0.4 is 10.5 Å². The summed E-state index contributed by atoms with van der Waals surface area (Å²) in [5.74, 6) is -0.342. The molecule has 10 heteroatoms. The molecule has 3 N–H and O–H groups in total. The first-order chi connectivity index (χ1) is 16.1. The van der Waals surface area contributed by atoms with Gasteiger partial charge in [0.15, 0.2) is 0 Å². The largest absolute Gasteiger partial charge is 0.326 e. The maximum atomic E-state index is 12.5. The zero-order valence-electron chi connectivity index (χ0n) is 18.5. The van der Waals surface area contributed by atoms with Gasteiger partial charge in [-0.05, 0) is 55.3 Å². The Bertz CT molecular complexity index is 1500. The molecule has 0 spiro atoms. The molecule has 8 nitrogen and oxygen atoms in total. The Morgan fingerprint density at radius 3 is 2.59 bits per heavy atom. The van der Waals surface area contributed by atoms with Crippen LogP contribution in [0.5, 0.6) is 0 Å². The Morgan fingerprint density at radius 2 is 1.88 bits per heavy atom. The fraction of sp³-hybridized carbons (Fsp3) is 0.125. The Kier molecular flexibility index (Phi) is 6.52. The number of carbonyl (C=O) groups excluding carboxylic acids is 1. The molecule has 0 unspecified atom stereocenters. The fourth-order valence-electron chi connectivity index (χ4n) is 3.62. The number of sulfonamides is 1. The number of hydrogen-bond donors (Lipinski definition) is 2. The second-order valence-electron chi connectivity index (χ2n) is 7.81. The number of pyridine rings is 1. The molecule has 1 amide bonds. The van der Waals surface area contributed by atoms with Crippen molar-refractivity contribution in [2.24, 2.45) is 5.14 Å². The Balaban J connectivity index is 1.68. The molecule has 0 atom stereocenters. The number of halogens is 1. The highest BCUT2D eigenvalue weighted by molar-refractivity contribution is 7.89. The molecule has 0 aliphatic rings. The lowest BCUT2D eigenvalue weighted by Crippen LogP contribution is -2.18. The SMILES string of the molecule is Cc1ccncc1-c1cn(-c2ccc(NC(=O)Cc3ccccc3Cl)cc2S(N)(=O)=O)nc1C. The topological polar surface area (TPSA) is 120 Å². The zero-order valence-corrected chi connectivity index (χ0v) is 20.1. The maximum Gasteiger partial charge on any atom is 0.240 e. The first-order valence-electron chi connectivity index (χ1n) is 10.3. The van der Waals surface area contributed by atoms with Gasteiger partial charge in [0.2, 0.25) is 15.9 Å². The molecule has 0 fully saturated rings. The summed E-state index contributed by atoms with van der Waals surface area (Å²) in [6, 6.07) is 13.4. The van der Waals surface area contributed by atoms with E-state index in [1.165, 1.54) is 10.7 Å². The molecule has 0 aliphatic heterocycles. The van der Waals surface area contributed by atoms with Gasteiger partial charge in [-0.1, -0.05) is 29.8 Å². The van der Waals surface area contributed by atoms with Gasteiger partial charge in [0.1, 0.15) is 4.90 Å². The minimum atomic E-state index is -4.13. The van der Waals surface area contributed by atoms with E-state index >= 15 is 0 Å². The van der Waals surface area contributed by atoms with Crippen molar-refractivity contribution in [3.05, 3.63) is 89.0 Å². The highest BCUT2D eigenvalue weighted by atomic mass is 35.5. The van der Waals surface area contributed by atoms with Crippen molar-refractivity contribution in [1.29, 1.82) is 0 Å². The third-order valence-electron chi connectivity index (χ3n) is 5.33. The third-order valence-corrected chi connectivity index (χ3v) is 6.64. The van der Waals surface area contributed by atoms with Gasteiger partial charge >= 0.3 is 0 Å². The molecule has 0 radical (unpaired) electrons. The second kappa shape index (κ2) is 9.38. The summed E-state index contributed by atoms with van der Waals surface area (Å²) in [5.41, 5.74) is 4.65. The number of benzene rings is 2. The van der Waals surface area contributed by atoms with Crippen molar-refractivity contribution in [1.82, 2.24) is 14.8 Å². The summed E-state index contributed by atoms with van der Waals surface area (Å²) in [7, 11) is -4.13. The Morgan fingerprint density at radius 1 is 1.12 bits per heavy atom. The number of carbonyl (C=O) groups is 1. The monoisotopic (exact) mass is 495 g/mol. The fourth-order valence-corrected chi connectivity index (χ4v) is 4.57. The van der Waals surface area contributed by atoms with Gasteiger partial charge in [-0.2, -0.15) is 5.10 Å². The number of aryl methyl sites for hydroxylation is 2. The van der Waals surface area contributed by atoms with Crippen molar-refractivity contribution in [3.8, 4) is 16.8 Å². The van der Waals surface area contributed by atoms with E-state index in [1.54, 1.807) is 55.0 Å². The van der Waals surface area contributed by atoms with E-state index in [4.69, 9.17) is 16.7 Å². The average Bonchev–Trinajstić information content (AvgIpc) is 3.16. The van der Waals surface area contributed by atoms with Crippen LogP contribution in [0.3, 0.4) is 0 Å². The highest BCUT2D eigenvalue weighted by Gasteiger charge is 2.20. The molecule has 4 aromatic rings. The van der Waals surface area contributed by atoms with E-state index in [2.05, 4.69) is 15.4 Å². The normalized spacial score (nSPS) is 11.4. The van der Waals surface area contributed by atoms with Crippen molar-refractivity contribution >= 4 is 33.2 Å². The standard InChI is InChI=1S/C24H22ClN5O3S/c1-15-9-10-27-13-19(15)20-14-30(29-16(20)2)22-8-7-18(12-23(22)34(26,32)33)28-24(31)11-17-5-3-4-6-21(17)25/h3-10,12-14H,11H2,1-2H3,(H,28,31)(H2,26,32,33). The predicted octanol–water partition coefficient (Wildman–Crippen LogP) is 4.03. The van der Waals surface area contributed by atoms with Gasteiger partial charge in [-0.25, -0.2) is 18.2 Å². The summed E-state index contributed by atoms with van der Waals surface area (Å²) >= 11 is 6.12. The molecule has 34 heavy (non-hydrogen) atoms. The van der Waals surface area contributed by atoms with E-state index in [9.17, 15) is 13.2 Å². The number of nitrogens with two attached hydrogens (primary N) is 1. The lowest BCUT2D eigenvalue weighted by Gasteiger charge is -2.12. The first-order valence-corrected chi connectivity index (χ1v) is 12.2. The second-order valence-corrected chi connectivity index (χ2v) is 9.74. The Hall–Kier alpha value is -3.53. The summed E-state index contributed by atoms with van der Waals surface area (Å²) in [6.45, 7) is 3.79. The smallest absolute Gasteiger partial charge is 0.240 e. The number of nitrogens with zero attached hydrogens (tertiary/aromatic N) is 3. The summed E-state index contributed by atoms with van der Waals surface area (Å²) in [5, 5.41) is 13.2. The van der Waals surface area contributed by atoms with Crippen molar-refractivity contribution in [2.75, 3.05) is 5.32 Å². The summed E-state index contributed by atoms with van der Waals surface area (Å²) in [6.07, 6.45) is 5.22.